The lowest BCUT2D eigenvalue weighted by Crippen LogP contribution is -2.37. The van der Waals surface area contributed by atoms with E-state index < -0.39 is 26.5 Å². The second-order valence-corrected chi connectivity index (χ2v) is 21.0. The normalized spacial score (nSPS) is 14.2. The highest BCUT2D eigenvalue weighted by Gasteiger charge is 2.27. The largest absolute Gasteiger partial charge is 0.472 e. The first-order chi connectivity index (χ1) is 34.5. The predicted molar refractivity (Wildman–Crippen MR) is 302 cm³/mol. The molecule has 0 radical (unpaired) electrons. The summed E-state index contributed by atoms with van der Waals surface area (Å²) in [6.45, 7) is 4.22. The summed E-state index contributed by atoms with van der Waals surface area (Å²) in [4.78, 5) is 35.5. The second kappa shape index (κ2) is 51.6. The van der Waals surface area contributed by atoms with Crippen molar-refractivity contribution in [2.24, 2.45) is 0 Å². The van der Waals surface area contributed by atoms with E-state index in [0.717, 1.165) is 116 Å². The van der Waals surface area contributed by atoms with Gasteiger partial charge in [-0.1, -0.05) is 213 Å². The van der Waals surface area contributed by atoms with Crippen molar-refractivity contribution in [1.29, 1.82) is 0 Å². The number of hydrogen-bond acceptors (Lipinski definition) is 7. The standard InChI is InChI=1S/C61H104NO8P/c1-6-8-10-12-14-16-18-19-20-21-22-23-24-25-26-27-28-29-30-31-32-33-34-35-36-37-38-39-40-41-42-43-44-46-48-50-52-54-61(64)70-59(58-69-71(65,66)68-56-55-62(3,4)5)57-67-60(63)53-51-49-47-45-17-15-13-11-9-7-2/h8,10-11,13-14,16,19-20,22-23,25-26,28-29,31-32,34-35,59H,6-7,9,12,15,17-18,21,24,27,30,33,36-58H2,1-5H3/p+1/b10-8-,13-11-,16-14-,20-19-,23-22-,26-25-,29-28-,32-31-,35-34-. The molecule has 0 aromatic rings. The summed E-state index contributed by atoms with van der Waals surface area (Å²) in [5.41, 5.74) is 0. The van der Waals surface area contributed by atoms with Crippen LogP contribution in [0.5, 0.6) is 0 Å². The molecular formula is C61H105NO8P+. The van der Waals surface area contributed by atoms with Gasteiger partial charge in [0.05, 0.1) is 27.7 Å². The van der Waals surface area contributed by atoms with Gasteiger partial charge in [-0.3, -0.25) is 18.6 Å². The molecule has 0 aromatic heterocycles. The topological polar surface area (TPSA) is 108 Å². The van der Waals surface area contributed by atoms with Crippen LogP contribution in [0.15, 0.2) is 109 Å². The van der Waals surface area contributed by atoms with E-state index in [1.54, 1.807) is 0 Å². The third-order valence-corrected chi connectivity index (χ3v) is 12.5. The minimum atomic E-state index is -4.39. The number of allylic oxidation sites excluding steroid dienone is 18. The molecule has 0 heterocycles. The maximum absolute atomic E-state index is 12.8. The Bertz CT molecular complexity index is 1570. The van der Waals surface area contributed by atoms with Crippen molar-refractivity contribution in [1.82, 2.24) is 0 Å². The molecule has 0 amide bonds. The van der Waals surface area contributed by atoms with Crippen molar-refractivity contribution < 1.29 is 42.1 Å². The second-order valence-electron chi connectivity index (χ2n) is 19.6. The number of hydrogen-bond donors (Lipinski definition) is 1. The third kappa shape index (κ3) is 55.8. The highest BCUT2D eigenvalue weighted by Crippen LogP contribution is 2.43. The zero-order valence-corrected chi connectivity index (χ0v) is 46.8. The van der Waals surface area contributed by atoms with Crippen LogP contribution in [-0.4, -0.2) is 74.9 Å². The Morgan fingerprint density at radius 1 is 0.451 bits per heavy atom. The average Bonchev–Trinajstić information content (AvgIpc) is 3.33. The van der Waals surface area contributed by atoms with Crippen molar-refractivity contribution in [3.05, 3.63) is 109 Å². The third-order valence-electron chi connectivity index (χ3n) is 11.5. The first kappa shape index (κ1) is 67.7. The van der Waals surface area contributed by atoms with Gasteiger partial charge < -0.3 is 18.9 Å². The summed E-state index contributed by atoms with van der Waals surface area (Å²) < 4.78 is 34.4. The molecule has 0 rings (SSSR count). The molecule has 1 N–H and O–H groups in total. The van der Waals surface area contributed by atoms with E-state index >= 15 is 0 Å². The molecular weight excluding hydrogens is 906 g/mol. The molecule has 0 aliphatic rings. The molecule has 0 fully saturated rings. The van der Waals surface area contributed by atoms with Crippen LogP contribution in [0.4, 0.5) is 0 Å². The van der Waals surface area contributed by atoms with Crippen LogP contribution in [-0.2, 0) is 32.7 Å². The molecule has 0 aromatic carbocycles. The Hall–Kier alpha value is -3.33. The summed E-state index contributed by atoms with van der Waals surface area (Å²) in [5, 5.41) is 0. The number of carbonyl (C=O) groups excluding carboxylic acids is 2. The van der Waals surface area contributed by atoms with Gasteiger partial charge in [0.15, 0.2) is 6.10 Å². The van der Waals surface area contributed by atoms with Crippen molar-refractivity contribution in [3.63, 3.8) is 0 Å². The molecule has 0 aliphatic carbocycles. The van der Waals surface area contributed by atoms with E-state index in [1.165, 1.54) is 64.2 Å². The highest BCUT2D eigenvalue weighted by molar-refractivity contribution is 7.47. The van der Waals surface area contributed by atoms with Gasteiger partial charge in [-0.05, 0) is 96.3 Å². The fourth-order valence-corrected chi connectivity index (χ4v) is 7.95. The summed E-state index contributed by atoms with van der Waals surface area (Å²) in [7, 11) is 1.46. The van der Waals surface area contributed by atoms with E-state index in [1.807, 2.05) is 21.1 Å². The minimum Gasteiger partial charge on any atom is -0.462 e. The number of nitrogens with zero attached hydrogens (tertiary/aromatic N) is 1. The molecule has 406 valence electrons. The quantitative estimate of drug-likeness (QED) is 0.0211. The monoisotopic (exact) mass is 1010 g/mol. The minimum absolute atomic E-state index is 0.0259. The molecule has 2 unspecified atom stereocenters. The Balaban J connectivity index is 4.04. The molecule has 0 aliphatic heterocycles. The maximum Gasteiger partial charge on any atom is 0.472 e. The van der Waals surface area contributed by atoms with Crippen LogP contribution in [0.3, 0.4) is 0 Å². The molecule has 10 heteroatoms. The van der Waals surface area contributed by atoms with E-state index in [2.05, 4.69) is 123 Å². The number of ether oxygens (including phenoxy) is 2. The summed E-state index contributed by atoms with van der Waals surface area (Å²) in [6.07, 6.45) is 71.8. The lowest BCUT2D eigenvalue weighted by molar-refractivity contribution is -0.870. The first-order valence-corrected chi connectivity index (χ1v) is 29.6. The number of phosphoric acid groups is 1. The molecule has 2 atom stereocenters. The summed E-state index contributed by atoms with van der Waals surface area (Å²) >= 11 is 0. The van der Waals surface area contributed by atoms with Crippen molar-refractivity contribution in [2.45, 2.75) is 219 Å². The number of quaternary nitrogens is 1. The van der Waals surface area contributed by atoms with Gasteiger partial charge in [-0.15, -0.1) is 0 Å². The number of rotatable bonds is 50. The van der Waals surface area contributed by atoms with Gasteiger partial charge in [0.1, 0.15) is 19.8 Å². The Morgan fingerprint density at radius 2 is 0.803 bits per heavy atom. The highest BCUT2D eigenvalue weighted by atomic mass is 31.2. The zero-order valence-electron chi connectivity index (χ0n) is 45.9. The first-order valence-electron chi connectivity index (χ1n) is 28.1. The maximum atomic E-state index is 12.8. The van der Waals surface area contributed by atoms with Gasteiger partial charge in [-0.25, -0.2) is 4.57 Å². The Labute approximate surface area is 436 Å². The van der Waals surface area contributed by atoms with Crippen LogP contribution in [0.25, 0.3) is 0 Å². The number of phosphoric ester groups is 1. The van der Waals surface area contributed by atoms with Crippen molar-refractivity contribution in [3.8, 4) is 0 Å². The SMILES string of the molecule is CC/C=C\C/C=C\C/C=C\C/C=C\C/C=C\C/C=C\C/C=C\C/C=C\CCCCCCCCCCCCCCC(=O)OC(COC(=O)CCCCCCC/C=C\CCC)COP(=O)(O)OCC[N+](C)(C)C. The van der Waals surface area contributed by atoms with Gasteiger partial charge in [0.25, 0.3) is 0 Å². The fraction of sp³-hybridized carbons (Fsp3) is 0.672. The zero-order chi connectivity index (χ0) is 52.0. The number of carbonyl (C=O) groups is 2. The van der Waals surface area contributed by atoms with Crippen LogP contribution in [0.2, 0.25) is 0 Å². The van der Waals surface area contributed by atoms with Gasteiger partial charge in [-0.2, -0.15) is 0 Å². The summed E-state index contributed by atoms with van der Waals surface area (Å²) in [5.74, 6) is -0.818. The van der Waals surface area contributed by atoms with Crippen molar-refractivity contribution in [2.75, 3.05) is 47.5 Å². The number of unbranched alkanes of at least 4 members (excludes halogenated alkanes) is 18. The van der Waals surface area contributed by atoms with Crippen molar-refractivity contribution >= 4 is 19.8 Å². The smallest absolute Gasteiger partial charge is 0.462 e. The van der Waals surface area contributed by atoms with Crippen LogP contribution in [0.1, 0.15) is 213 Å². The molecule has 0 spiro atoms. The molecule has 9 nitrogen and oxygen atoms in total. The van der Waals surface area contributed by atoms with Crippen LogP contribution >= 0.6 is 7.82 Å². The molecule has 0 saturated heterocycles. The fourth-order valence-electron chi connectivity index (χ4n) is 7.21. The Morgan fingerprint density at radius 3 is 1.21 bits per heavy atom. The van der Waals surface area contributed by atoms with E-state index in [9.17, 15) is 19.0 Å². The van der Waals surface area contributed by atoms with Crippen LogP contribution < -0.4 is 0 Å². The number of likely N-dealkylation sites (N-methyl/N-ethyl adjacent to an activating group) is 1. The molecule has 71 heavy (non-hydrogen) atoms. The lowest BCUT2D eigenvalue weighted by atomic mass is 10.0. The molecule has 0 saturated carbocycles. The van der Waals surface area contributed by atoms with Crippen LogP contribution in [0, 0.1) is 0 Å². The van der Waals surface area contributed by atoms with Gasteiger partial charge in [0.2, 0.25) is 0 Å². The van der Waals surface area contributed by atoms with E-state index in [-0.39, 0.29) is 32.0 Å². The van der Waals surface area contributed by atoms with Gasteiger partial charge >= 0.3 is 19.8 Å². The average molecular weight is 1010 g/mol. The Kier molecular flexibility index (Phi) is 49.1. The van der Waals surface area contributed by atoms with Gasteiger partial charge in [0, 0.05) is 12.8 Å². The van der Waals surface area contributed by atoms with E-state index in [4.69, 9.17) is 18.5 Å². The molecule has 0 bridgehead atoms. The van der Waals surface area contributed by atoms with E-state index in [0.29, 0.717) is 17.4 Å². The number of esters is 2. The lowest BCUT2D eigenvalue weighted by Gasteiger charge is -2.24. The predicted octanol–water partition coefficient (Wildman–Crippen LogP) is 17.4. The summed E-state index contributed by atoms with van der Waals surface area (Å²) in [6, 6.07) is 0.